The van der Waals surface area contributed by atoms with Crippen molar-refractivity contribution in [1.82, 2.24) is 29.7 Å². The molecule has 8 nitrogen and oxygen atoms in total. The predicted octanol–water partition coefficient (Wildman–Crippen LogP) is 4.49. The second kappa shape index (κ2) is 9.09. The minimum absolute atomic E-state index is 0.150. The summed E-state index contributed by atoms with van der Waals surface area (Å²) in [4.78, 5) is 28.5. The zero-order valence-corrected chi connectivity index (χ0v) is 19.4. The van der Waals surface area contributed by atoms with Crippen molar-refractivity contribution in [2.45, 2.75) is 32.7 Å². The summed E-state index contributed by atoms with van der Waals surface area (Å²) in [5.41, 5.74) is 10.9. The molecule has 5 aromatic rings. The van der Waals surface area contributed by atoms with E-state index in [0.717, 1.165) is 45.6 Å². The Balaban J connectivity index is 1.52. The Hall–Kier alpha value is -4.40. The SMILES string of the molecule is CC(C)n1ccc(-c2[nH]c(CCc3cc(F)cc(C(N)=O)c3)nc2-c2ccc3nccnc3c2)n1. The first-order chi connectivity index (χ1) is 16.9. The van der Waals surface area contributed by atoms with Crippen LogP contribution >= 0.6 is 0 Å². The van der Waals surface area contributed by atoms with Crippen LogP contribution in [0.4, 0.5) is 4.39 Å². The van der Waals surface area contributed by atoms with Crippen LogP contribution in [0.15, 0.2) is 61.1 Å². The van der Waals surface area contributed by atoms with Gasteiger partial charge in [-0.1, -0.05) is 6.07 Å². The molecule has 9 heteroatoms. The fourth-order valence-corrected chi connectivity index (χ4v) is 4.00. The van der Waals surface area contributed by atoms with Crippen molar-refractivity contribution in [2.75, 3.05) is 0 Å². The highest BCUT2D eigenvalue weighted by Gasteiger charge is 2.18. The van der Waals surface area contributed by atoms with Crippen molar-refractivity contribution in [3.8, 4) is 22.6 Å². The lowest BCUT2D eigenvalue weighted by Gasteiger charge is -2.04. The molecule has 0 radical (unpaired) electrons. The summed E-state index contributed by atoms with van der Waals surface area (Å²) in [6.45, 7) is 4.13. The van der Waals surface area contributed by atoms with Gasteiger partial charge in [-0.3, -0.25) is 19.4 Å². The maximum atomic E-state index is 14.0. The van der Waals surface area contributed by atoms with Gasteiger partial charge in [0.1, 0.15) is 17.3 Å². The van der Waals surface area contributed by atoms with Crippen LogP contribution in [-0.2, 0) is 12.8 Å². The van der Waals surface area contributed by atoms with Gasteiger partial charge in [-0.2, -0.15) is 5.10 Å². The molecule has 0 bridgehead atoms. The maximum Gasteiger partial charge on any atom is 0.248 e. The van der Waals surface area contributed by atoms with Crippen molar-refractivity contribution in [3.05, 3.63) is 83.8 Å². The normalized spacial score (nSPS) is 11.4. The number of nitrogens with two attached hydrogens (primary N) is 1. The number of benzene rings is 2. The number of nitrogens with one attached hydrogen (secondary N) is 1. The fourth-order valence-electron chi connectivity index (χ4n) is 4.00. The molecule has 1 amide bonds. The van der Waals surface area contributed by atoms with Crippen LogP contribution in [0.1, 0.15) is 41.6 Å². The molecule has 5 rings (SSSR count). The van der Waals surface area contributed by atoms with E-state index < -0.39 is 11.7 Å². The number of primary amides is 1. The van der Waals surface area contributed by atoms with Gasteiger partial charge in [-0.15, -0.1) is 0 Å². The molecule has 0 saturated carbocycles. The van der Waals surface area contributed by atoms with Gasteiger partial charge in [0.25, 0.3) is 0 Å². The van der Waals surface area contributed by atoms with Crippen molar-refractivity contribution in [2.24, 2.45) is 5.73 Å². The second-order valence-corrected chi connectivity index (χ2v) is 8.65. The number of fused-ring (bicyclic) bond motifs is 1. The zero-order chi connectivity index (χ0) is 24.5. The molecule has 176 valence electrons. The summed E-state index contributed by atoms with van der Waals surface area (Å²) in [6, 6.07) is 12.2. The average Bonchev–Trinajstić information content (AvgIpc) is 3.50. The number of imidazole rings is 1. The van der Waals surface area contributed by atoms with Crippen LogP contribution in [0, 0.1) is 5.82 Å². The van der Waals surface area contributed by atoms with Crippen LogP contribution in [-0.4, -0.2) is 35.6 Å². The standard InChI is InChI=1S/C26H24FN7O/c1-15(2)34-10-7-21(33-34)25-24(17-4-5-20-22(14-17)30-9-8-29-20)31-23(32-25)6-3-16-11-18(26(28)35)13-19(27)12-16/h4-5,7-15H,3,6H2,1-2H3,(H2,28,35)(H,31,32). The minimum atomic E-state index is -0.659. The van der Waals surface area contributed by atoms with Crippen molar-refractivity contribution >= 4 is 16.9 Å². The number of halogens is 1. The summed E-state index contributed by atoms with van der Waals surface area (Å²) in [5, 5.41) is 4.72. The monoisotopic (exact) mass is 469 g/mol. The van der Waals surface area contributed by atoms with Crippen molar-refractivity contribution in [3.63, 3.8) is 0 Å². The Kier molecular flexibility index (Phi) is 5.82. The van der Waals surface area contributed by atoms with Crippen LogP contribution in [0.5, 0.6) is 0 Å². The molecule has 0 fully saturated rings. The second-order valence-electron chi connectivity index (χ2n) is 8.65. The Morgan fingerprint density at radius 3 is 2.60 bits per heavy atom. The van der Waals surface area contributed by atoms with E-state index in [1.807, 2.05) is 35.1 Å². The molecule has 35 heavy (non-hydrogen) atoms. The van der Waals surface area contributed by atoms with E-state index in [0.29, 0.717) is 18.4 Å². The summed E-state index contributed by atoms with van der Waals surface area (Å²) in [7, 11) is 0. The van der Waals surface area contributed by atoms with Gasteiger partial charge in [-0.25, -0.2) is 9.37 Å². The van der Waals surface area contributed by atoms with Gasteiger partial charge in [0.2, 0.25) is 5.91 Å². The quantitative estimate of drug-likeness (QED) is 0.364. The Morgan fingerprint density at radius 2 is 1.86 bits per heavy atom. The van der Waals surface area contributed by atoms with Crippen molar-refractivity contribution < 1.29 is 9.18 Å². The molecule has 0 atom stereocenters. The maximum absolute atomic E-state index is 14.0. The Bertz CT molecular complexity index is 1540. The lowest BCUT2D eigenvalue weighted by molar-refractivity contribution is 0.0999. The minimum Gasteiger partial charge on any atom is -0.366 e. The Labute approximate surface area is 201 Å². The molecule has 0 aliphatic carbocycles. The van der Waals surface area contributed by atoms with Crippen molar-refractivity contribution in [1.29, 1.82) is 0 Å². The number of aromatic nitrogens is 6. The molecule has 3 heterocycles. The number of hydrogen-bond acceptors (Lipinski definition) is 5. The van der Waals surface area contributed by atoms with Crippen LogP contribution < -0.4 is 5.73 Å². The van der Waals surface area contributed by atoms with Crippen LogP contribution in [0.2, 0.25) is 0 Å². The smallest absolute Gasteiger partial charge is 0.248 e. The van der Waals surface area contributed by atoms with E-state index in [2.05, 4.69) is 28.8 Å². The summed E-state index contributed by atoms with van der Waals surface area (Å²) in [5.74, 6) is -0.430. The van der Waals surface area contributed by atoms with Crippen LogP contribution in [0.25, 0.3) is 33.7 Å². The van der Waals surface area contributed by atoms with Crippen LogP contribution in [0.3, 0.4) is 0 Å². The third-order valence-electron chi connectivity index (χ3n) is 5.78. The van der Waals surface area contributed by atoms with Gasteiger partial charge in [0, 0.05) is 42.2 Å². The third kappa shape index (κ3) is 4.65. The highest BCUT2D eigenvalue weighted by atomic mass is 19.1. The number of aryl methyl sites for hydroxylation is 2. The van der Waals surface area contributed by atoms with Gasteiger partial charge >= 0.3 is 0 Å². The lowest BCUT2D eigenvalue weighted by Crippen LogP contribution is -2.11. The first-order valence-corrected chi connectivity index (χ1v) is 11.3. The summed E-state index contributed by atoms with van der Waals surface area (Å²) >= 11 is 0. The molecule has 0 spiro atoms. The van der Waals surface area contributed by atoms with E-state index in [1.165, 1.54) is 6.07 Å². The van der Waals surface area contributed by atoms with E-state index in [1.54, 1.807) is 18.5 Å². The number of hydrogen-bond donors (Lipinski definition) is 2. The molecule has 3 N–H and O–H groups in total. The number of aromatic amines is 1. The van der Waals surface area contributed by atoms with E-state index >= 15 is 0 Å². The molecule has 3 aromatic heterocycles. The molecule has 2 aromatic carbocycles. The zero-order valence-electron chi connectivity index (χ0n) is 19.4. The fraction of sp³-hybridized carbons (Fsp3) is 0.192. The number of carbonyl (C=O) groups is 1. The average molecular weight is 470 g/mol. The van der Waals surface area contributed by atoms with Gasteiger partial charge < -0.3 is 10.7 Å². The summed E-state index contributed by atoms with van der Waals surface area (Å²) < 4.78 is 15.9. The number of rotatable bonds is 7. The largest absolute Gasteiger partial charge is 0.366 e. The summed E-state index contributed by atoms with van der Waals surface area (Å²) in [6.07, 6.45) is 6.25. The molecule has 0 aliphatic rings. The topological polar surface area (TPSA) is 115 Å². The third-order valence-corrected chi connectivity index (χ3v) is 5.78. The number of H-pyrrole nitrogens is 1. The van der Waals surface area contributed by atoms with Gasteiger partial charge in [0.05, 0.1) is 22.4 Å². The van der Waals surface area contributed by atoms with Gasteiger partial charge in [0.15, 0.2) is 0 Å². The molecular formula is C26H24FN7O. The first kappa shape index (κ1) is 22.4. The highest BCUT2D eigenvalue weighted by molar-refractivity contribution is 5.93. The first-order valence-electron chi connectivity index (χ1n) is 11.3. The molecule has 0 unspecified atom stereocenters. The highest BCUT2D eigenvalue weighted by Crippen LogP contribution is 2.31. The number of nitrogens with zero attached hydrogens (tertiary/aromatic N) is 5. The predicted molar refractivity (Wildman–Crippen MR) is 131 cm³/mol. The number of carbonyl (C=O) groups excluding carboxylic acids is 1. The molecule has 0 saturated heterocycles. The number of amides is 1. The molecule has 0 aliphatic heterocycles. The molecular weight excluding hydrogens is 445 g/mol. The van der Waals surface area contributed by atoms with E-state index in [9.17, 15) is 9.18 Å². The van der Waals surface area contributed by atoms with Gasteiger partial charge in [-0.05, 0) is 62.2 Å². The lowest BCUT2D eigenvalue weighted by atomic mass is 10.1. The Morgan fingerprint density at radius 1 is 1.06 bits per heavy atom. The van der Waals surface area contributed by atoms with E-state index in [-0.39, 0.29) is 11.6 Å². The van der Waals surface area contributed by atoms with E-state index in [4.69, 9.17) is 15.8 Å².